The molecule has 0 aliphatic carbocycles. The van der Waals surface area contributed by atoms with Gasteiger partial charge in [0.25, 0.3) is 0 Å². The second-order valence-corrected chi connectivity index (χ2v) is 6.08. The Hall–Kier alpha value is -0.880. The summed E-state index contributed by atoms with van der Waals surface area (Å²) in [6.07, 6.45) is -3.14. The molecule has 0 saturated carbocycles. The van der Waals surface area contributed by atoms with Crippen molar-refractivity contribution in [2.45, 2.75) is 25.1 Å². The Morgan fingerprint density at radius 1 is 1.30 bits per heavy atom. The molecule has 2 nitrogen and oxygen atoms in total. The molecule has 1 saturated heterocycles. The first kappa shape index (κ1) is 15.5. The van der Waals surface area contributed by atoms with E-state index in [-0.39, 0.29) is 18.3 Å². The third-order valence-corrected chi connectivity index (χ3v) is 4.44. The summed E-state index contributed by atoms with van der Waals surface area (Å²) in [5.41, 5.74) is -0.737. The Bertz CT molecular complexity index is 431. The minimum atomic E-state index is -4.38. The molecule has 112 valence electrons. The summed E-state index contributed by atoms with van der Waals surface area (Å²) in [6, 6.07) is 4.74. The molecular formula is C14H17F3O2S. The van der Waals surface area contributed by atoms with Crippen molar-refractivity contribution in [1.82, 2.24) is 0 Å². The average Bonchev–Trinajstić information content (AvgIpc) is 2.45. The van der Waals surface area contributed by atoms with Gasteiger partial charge in [0.05, 0.1) is 11.7 Å². The van der Waals surface area contributed by atoms with E-state index in [1.807, 2.05) is 11.8 Å². The zero-order chi connectivity index (χ0) is 14.6. The molecule has 0 spiro atoms. The van der Waals surface area contributed by atoms with Crippen molar-refractivity contribution in [2.75, 3.05) is 18.1 Å². The van der Waals surface area contributed by atoms with Crippen LogP contribution in [0.25, 0.3) is 0 Å². The van der Waals surface area contributed by atoms with Gasteiger partial charge in [0.1, 0.15) is 12.4 Å². The largest absolute Gasteiger partial charge is 0.491 e. The summed E-state index contributed by atoms with van der Waals surface area (Å²) in [5, 5.41) is 10.0. The summed E-state index contributed by atoms with van der Waals surface area (Å²) in [6.45, 7) is 0.0383. The maximum atomic E-state index is 12.6. The number of hydrogen-bond donors (Lipinski definition) is 1. The molecule has 0 aromatic heterocycles. The van der Waals surface area contributed by atoms with Crippen LogP contribution in [0, 0.1) is 5.92 Å². The molecule has 1 aliphatic rings. The summed E-state index contributed by atoms with van der Waals surface area (Å²) in [5.74, 6) is 2.36. The standard InChI is InChI=1S/C14H17F3O2S/c15-14(16,17)11-2-1-3-12(8-11)19-9-13(18)10-4-6-20-7-5-10/h1-3,8,10,13,18H,4-7,9H2. The van der Waals surface area contributed by atoms with Crippen LogP contribution >= 0.6 is 11.8 Å². The Morgan fingerprint density at radius 3 is 2.65 bits per heavy atom. The smallest absolute Gasteiger partial charge is 0.416 e. The minimum Gasteiger partial charge on any atom is -0.491 e. The first-order valence-corrected chi connectivity index (χ1v) is 7.68. The lowest BCUT2D eigenvalue weighted by Crippen LogP contribution is -2.30. The molecule has 2 rings (SSSR count). The maximum absolute atomic E-state index is 12.6. The zero-order valence-corrected chi connectivity index (χ0v) is 11.7. The normalized spacial score (nSPS) is 18.8. The van der Waals surface area contributed by atoms with Gasteiger partial charge in [-0.05, 0) is 48.5 Å². The van der Waals surface area contributed by atoms with Gasteiger partial charge in [-0.25, -0.2) is 0 Å². The fourth-order valence-electron chi connectivity index (χ4n) is 2.18. The van der Waals surface area contributed by atoms with Crippen molar-refractivity contribution < 1.29 is 23.0 Å². The van der Waals surface area contributed by atoms with Crippen molar-refractivity contribution in [2.24, 2.45) is 5.92 Å². The van der Waals surface area contributed by atoms with Gasteiger partial charge in [-0.15, -0.1) is 0 Å². The number of aliphatic hydroxyl groups excluding tert-OH is 1. The van der Waals surface area contributed by atoms with Gasteiger partial charge in [0.15, 0.2) is 0 Å². The second-order valence-electron chi connectivity index (χ2n) is 4.85. The number of thioether (sulfide) groups is 1. The van der Waals surface area contributed by atoms with E-state index in [4.69, 9.17) is 4.74 Å². The van der Waals surface area contributed by atoms with Gasteiger partial charge in [-0.2, -0.15) is 24.9 Å². The van der Waals surface area contributed by atoms with E-state index in [9.17, 15) is 18.3 Å². The number of rotatable bonds is 4. The van der Waals surface area contributed by atoms with E-state index < -0.39 is 17.8 Å². The van der Waals surface area contributed by atoms with E-state index in [0.29, 0.717) is 0 Å². The topological polar surface area (TPSA) is 29.5 Å². The van der Waals surface area contributed by atoms with Gasteiger partial charge in [0.2, 0.25) is 0 Å². The predicted molar refractivity (Wildman–Crippen MR) is 73.0 cm³/mol. The van der Waals surface area contributed by atoms with Crippen molar-refractivity contribution in [1.29, 1.82) is 0 Å². The monoisotopic (exact) mass is 306 g/mol. The highest BCUT2D eigenvalue weighted by molar-refractivity contribution is 7.99. The van der Waals surface area contributed by atoms with Gasteiger partial charge in [0, 0.05) is 0 Å². The molecule has 1 N–H and O–H groups in total. The Labute approximate surface area is 120 Å². The molecular weight excluding hydrogens is 289 g/mol. The molecule has 20 heavy (non-hydrogen) atoms. The van der Waals surface area contributed by atoms with Crippen LogP contribution in [0.2, 0.25) is 0 Å². The maximum Gasteiger partial charge on any atom is 0.416 e. The number of aliphatic hydroxyl groups is 1. The van der Waals surface area contributed by atoms with Gasteiger partial charge < -0.3 is 9.84 Å². The lowest BCUT2D eigenvalue weighted by molar-refractivity contribution is -0.137. The molecule has 1 aromatic rings. The van der Waals surface area contributed by atoms with Crippen molar-refractivity contribution in [3.05, 3.63) is 29.8 Å². The van der Waals surface area contributed by atoms with Crippen LogP contribution in [0.3, 0.4) is 0 Å². The Balaban J connectivity index is 1.90. The van der Waals surface area contributed by atoms with Crippen LogP contribution in [0.4, 0.5) is 13.2 Å². The number of halogens is 3. The molecule has 1 heterocycles. The fraction of sp³-hybridized carbons (Fsp3) is 0.571. The number of alkyl halides is 3. The van der Waals surface area contributed by atoms with Crippen molar-refractivity contribution in [3.8, 4) is 5.75 Å². The summed E-state index contributed by atoms with van der Waals surface area (Å²) >= 11 is 1.86. The van der Waals surface area contributed by atoms with Crippen LogP contribution < -0.4 is 4.74 Å². The van der Waals surface area contributed by atoms with E-state index >= 15 is 0 Å². The van der Waals surface area contributed by atoms with E-state index in [0.717, 1.165) is 36.5 Å². The van der Waals surface area contributed by atoms with Crippen LogP contribution in [0.15, 0.2) is 24.3 Å². The zero-order valence-electron chi connectivity index (χ0n) is 10.9. The molecule has 6 heteroatoms. The third kappa shape index (κ3) is 4.31. The quantitative estimate of drug-likeness (QED) is 0.922. The number of benzene rings is 1. The Morgan fingerprint density at radius 2 is 2.00 bits per heavy atom. The van der Waals surface area contributed by atoms with E-state index in [1.54, 1.807) is 0 Å². The molecule has 1 aromatic carbocycles. The van der Waals surface area contributed by atoms with Gasteiger partial charge in [-0.3, -0.25) is 0 Å². The van der Waals surface area contributed by atoms with Gasteiger partial charge in [-0.1, -0.05) is 6.07 Å². The minimum absolute atomic E-state index is 0.0383. The highest BCUT2D eigenvalue weighted by Crippen LogP contribution is 2.31. The lowest BCUT2D eigenvalue weighted by Gasteiger charge is -2.26. The summed E-state index contributed by atoms with van der Waals surface area (Å²) < 4.78 is 43.0. The van der Waals surface area contributed by atoms with Crippen molar-refractivity contribution in [3.63, 3.8) is 0 Å². The highest BCUT2D eigenvalue weighted by Gasteiger charge is 2.30. The highest BCUT2D eigenvalue weighted by atomic mass is 32.2. The molecule has 1 aliphatic heterocycles. The predicted octanol–water partition coefficient (Wildman–Crippen LogP) is 3.59. The lowest BCUT2D eigenvalue weighted by atomic mass is 9.96. The van der Waals surface area contributed by atoms with Crippen LogP contribution in [-0.4, -0.2) is 29.3 Å². The van der Waals surface area contributed by atoms with E-state index in [2.05, 4.69) is 0 Å². The van der Waals surface area contributed by atoms with E-state index in [1.165, 1.54) is 12.1 Å². The van der Waals surface area contributed by atoms with Crippen LogP contribution in [-0.2, 0) is 6.18 Å². The molecule has 1 fully saturated rings. The summed E-state index contributed by atoms with van der Waals surface area (Å²) in [4.78, 5) is 0. The molecule has 0 amide bonds. The van der Waals surface area contributed by atoms with Crippen LogP contribution in [0.5, 0.6) is 5.75 Å². The van der Waals surface area contributed by atoms with Crippen LogP contribution in [0.1, 0.15) is 18.4 Å². The average molecular weight is 306 g/mol. The molecule has 0 bridgehead atoms. The van der Waals surface area contributed by atoms with Crippen molar-refractivity contribution >= 4 is 11.8 Å². The Kier molecular flexibility index (Phi) is 5.21. The first-order chi connectivity index (χ1) is 9.47. The molecule has 1 atom stereocenters. The second kappa shape index (κ2) is 6.72. The number of ether oxygens (including phenoxy) is 1. The molecule has 0 radical (unpaired) electrons. The molecule has 1 unspecified atom stereocenters. The first-order valence-electron chi connectivity index (χ1n) is 6.52. The fourth-order valence-corrected chi connectivity index (χ4v) is 3.32. The van der Waals surface area contributed by atoms with Gasteiger partial charge >= 0.3 is 6.18 Å². The third-order valence-electron chi connectivity index (χ3n) is 3.39. The SMILES string of the molecule is OC(COc1cccc(C(F)(F)F)c1)C1CCSCC1. The summed E-state index contributed by atoms with van der Waals surface area (Å²) in [7, 11) is 0. The number of hydrogen-bond acceptors (Lipinski definition) is 3.